The van der Waals surface area contributed by atoms with E-state index in [1.807, 2.05) is 140 Å². The Hall–Kier alpha value is -5.02. The minimum Gasteiger partial charge on any atom is -0.436 e. The van der Waals surface area contributed by atoms with Crippen molar-refractivity contribution in [2.24, 2.45) is 0 Å². The molecule has 0 bridgehead atoms. The minimum absolute atomic E-state index is 0.0659. The second-order valence-electron chi connectivity index (χ2n) is 15.0. The third-order valence-electron chi connectivity index (χ3n) is 10.8. The fourth-order valence-corrected chi connectivity index (χ4v) is 7.72. The van der Waals surface area contributed by atoms with Gasteiger partial charge in [-0.2, -0.15) is 0 Å². The number of benzene rings is 5. The van der Waals surface area contributed by atoms with E-state index in [9.17, 15) is 14.7 Å². The van der Waals surface area contributed by atoms with Gasteiger partial charge in [0.15, 0.2) is 20.5 Å². The Bertz CT molecular complexity index is 1850. The van der Waals surface area contributed by atoms with Crippen LogP contribution in [0.15, 0.2) is 140 Å². The van der Waals surface area contributed by atoms with Crippen molar-refractivity contribution in [2.75, 3.05) is 13.7 Å². The van der Waals surface area contributed by atoms with Crippen LogP contribution in [0.25, 0.3) is 11.1 Å². The van der Waals surface area contributed by atoms with Crippen LogP contribution >= 0.6 is 0 Å². The quantitative estimate of drug-likeness (QED) is 0.106. The highest BCUT2D eigenvalue weighted by molar-refractivity contribution is 6.74. The Morgan fingerprint density at radius 3 is 1.54 bits per heavy atom. The van der Waals surface area contributed by atoms with Gasteiger partial charge in [0.2, 0.25) is 0 Å². The molecule has 0 spiro atoms. The lowest BCUT2D eigenvalue weighted by atomic mass is 9.76. The molecule has 0 fully saturated rings. The summed E-state index contributed by atoms with van der Waals surface area (Å²) >= 11 is 0. The number of aliphatic hydroxyl groups is 1. The molecule has 0 radical (unpaired) electrons. The highest BCUT2D eigenvalue weighted by Gasteiger charge is 2.44. The molecule has 2 N–H and O–H groups in total. The first-order valence-corrected chi connectivity index (χ1v) is 20.7. The van der Waals surface area contributed by atoms with Crippen molar-refractivity contribution in [3.05, 3.63) is 167 Å². The molecular formula is C44H48N2O5Si. The molecule has 0 saturated carbocycles. The van der Waals surface area contributed by atoms with Gasteiger partial charge < -0.3 is 24.5 Å². The maximum Gasteiger partial charge on any atom is 0.410 e. The summed E-state index contributed by atoms with van der Waals surface area (Å²) in [7, 11) is -0.826. The first-order chi connectivity index (χ1) is 24.8. The monoisotopic (exact) mass is 712 g/mol. The summed E-state index contributed by atoms with van der Waals surface area (Å²) in [5.41, 5.74) is 5.07. The number of carbonyl (C=O) groups excluding carboxylic acids is 2. The van der Waals surface area contributed by atoms with Gasteiger partial charge >= 0.3 is 6.09 Å². The van der Waals surface area contributed by atoms with Gasteiger partial charge in [0.05, 0.1) is 12.6 Å². The van der Waals surface area contributed by atoms with Gasteiger partial charge in [0, 0.05) is 18.2 Å². The molecule has 0 aromatic heterocycles. The molecule has 5 aromatic rings. The fourth-order valence-electron chi connectivity index (χ4n) is 6.70. The van der Waals surface area contributed by atoms with E-state index in [-0.39, 0.29) is 11.6 Å². The lowest BCUT2D eigenvalue weighted by Gasteiger charge is -2.41. The molecule has 6 rings (SSSR count). The second-order valence-corrected chi connectivity index (χ2v) is 19.8. The van der Waals surface area contributed by atoms with Crippen molar-refractivity contribution >= 4 is 20.3 Å². The first kappa shape index (κ1) is 36.8. The van der Waals surface area contributed by atoms with Gasteiger partial charge in [-0.15, -0.1) is 0 Å². The average Bonchev–Trinajstić information content (AvgIpc) is 3.47. The Morgan fingerprint density at radius 1 is 0.712 bits per heavy atom. The third kappa shape index (κ3) is 7.06. The van der Waals surface area contributed by atoms with E-state index in [4.69, 9.17) is 9.16 Å². The van der Waals surface area contributed by atoms with Gasteiger partial charge in [-0.25, -0.2) is 4.79 Å². The predicted octanol–water partition coefficient (Wildman–Crippen LogP) is 8.68. The van der Waals surface area contributed by atoms with E-state index in [0.717, 1.165) is 38.9 Å². The van der Waals surface area contributed by atoms with Gasteiger partial charge in [-0.1, -0.05) is 160 Å². The Morgan fingerprint density at radius 2 is 1.12 bits per heavy atom. The number of rotatable bonds is 11. The van der Waals surface area contributed by atoms with Crippen LogP contribution < -0.4 is 5.32 Å². The molecule has 2 atom stereocenters. The van der Waals surface area contributed by atoms with Crippen LogP contribution in [-0.2, 0) is 19.5 Å². The van der Waals surface area contributed by atoms with Crippen molar-refractivity contribution in [3.63, 3.8) is 0 Å². The lowest BCUT2D eigenvalue weighted by Crippen LogP contribution is -2.59. The summed E-state index contributed by atoms with van der Waals surface area (Å²) in [6.07, 6.45) is -2.99. The Balaban J connectivity index is 1.36. The number of ether oxygens (including phenoxy) is 1. The van der Waals surface area contributed by atoms with Gasteiger partial charge in [0.25, 0.3) is 5.91 Å². The second kappa shape index (κ2) is 14.9. The molecular weight excluding hydrogens is 665 g/mol. The molecule has 1 unspecified atom stereocenters. The molecule has 1 aliphatic rings. The number of hydrogen-bond donors (Lipinski definition) is 2. The van der Waals surface area contributed by atoms with E-state index in [0.29, 0.717) is 0 Å². The number of hydrogen-bond acceptors (Lipinski definition) is 5. The molecule has 0 heterocycles. The van der Waals surface area contributed by atoms with E-state index < -0.39 is 44.1 Å². The summed E-state index contributed by atoms with van der Waals surface area (Å²) in [6, 6.07) is 43.8. The molecule has 7 nitrogen and oxygen atoms in total. The van der Waals surface area contributed by atoms with E-state index in [2.05, 4.69) is 39.2 Å². The van der Waals surface area contributed by atoms with Crippen molar-refractivity contribution < 1.29 is 23.9 Å². The molecule has 5 aromatic carbocycles. The largest absolute Gasteiger partial charge is 0.436 e. The topological polar surface area (TPSA) is 88.1 Å². The number of amides is 2. The molecule has 8 heteroatoms. The molecule has 2 amide bonds. The molecule has 0 aliphatic heterocycles. The van der Waals surface area contributed by atoms with E-state index >= 15 is 0 Å². The SMILES string of the molecule is CN(C(=O)OC1c2ccccc2-c2ccccc21)[C@H](CO[Si](C)(C)C(C)(C)C)C(O)C(=O)NC(c1ccccc1)(c1ccccc1)c1ccccc1. The van der Waals surface area contributed by atoms with Gasteiger partial charge in [0.1, 0.15) is 5.54 Å². The van der Waals surface area contributed by atoms with Crippen molar-refractivity contribution in [2.45, 2.75) is 62.7 Å². The van der Waals surface area contributed by atoms with Crippen LogP contribution in [0, 0.1) is 0 Å². The predicted molar refractivity (Wildman–Crippen MR) is 208 cm³/mol. The zero-order valence-corrected chi connectivity index (χ0v) is 31.7. The summed E-state index contributed by atoms with van der Waals surface area (Å²) in [6.45, 7) is 10.5. The summed E-state index contributed by atoms with van der Waals surface area (Å²) < 4.78 is 12.9. The van der Waals surface area contributed by atoms with Crippen LogP contribution in [0.2, 0.25) is 18.1 Å². The van der Waals surface area contributed by atoms with Crippen molar-refractivity contribution in [1.82, 2.24) is 10.2 Å². The van der Waals surface area contributed by atoms with Crippen LogP contribution in [0.4, 0.5) is 4.79 Å². The number of nitrogens with one attached hydrogen (secondary N) is 1. The normalized spacial score (nSPS) is 14.1. The van der Waals surface area contributed by atoms with Gasteiger partial charge in [-0.3, -0.25) is 4.79 Å². The van der Waals surface area contributed by atoms with Crippen LogP contribution in [0.1, 0.15) is 54.7 Å². The molecule has 0 saturated heterocycles. The number of nitrogens with zero attached hydrogens (tertiary/aromatic N) is 1. The number of aliphatic hydroxyl groups excluding tert-OH is 1. The average molecular weight is 713 g/mol. The van der Waals surface area contributed by atoms with Gasteiger partial charge in [-0.05, 0) is 45.9 Å². The maximum absolute atomic E-state index is 14.7. The first-order valence-electron chi connectivity index (χ1n) is 17.8. The molecule has 268 valence electrons. The summed E-state index contributed by atoms with van der Waals surface area (Å²) in [5, 5.41) is 15.3. The third-order valence-corrected chi connectivity index (χ3v) is 15.3. The molecule has 1 aliphatic carbocycles. The zero-order valence-electron chi connectivity index (χ0n) is 30.7. The minimum atomic E-state index is -2.39. The summed E-state index contributed by atoms with van der Waals surface area (Å²) in [5.74, 6) is -0.656. The Kier molecular flexibility index (Phi) is 10.5. The zero-order chi connectivity index (χ0) is 37.1. The number of carbonyl (C=O) groups is 2. The maximum atomic E-state index is 14.7. The Labute approximate surface area is 308 Å². The van der Waals surface area contributed by atoms with Crippen molar-refractivity contribution in [3.8, 4) is 11.1 Å². The molecule has 52 heavy (non-hydrogen) atoms. The van der Waals surface area contributed by atoms with Crippen LogP contribution in [-0.4, -0.2) is 56.1 Å². The summed E-state index contributed by atoms with van der Waals surface area (Å²) in [4.78, 5) is 30.1. The highest BCUT2D eigenvalue weighted by atomic mass is 28.4. The lowest BCUT2D eigenvalue weighted by molar-refractivity contribution is -0.134. The van der Waals surface area contributed by atoms with Crippen LogP contribution in [0.5, 0.6) is 0 Å². The van der Waals surface area contributed by atoms with E-state index in [1.54, 1.807) is 7.05 Å². The van der Waals surface area contributed by atoms with Crippen molar-refractivity contribution in [1.29, 1.82) is 0 Å². The number of likely N-dealkylation sites (N-methyl/N-ethyl adjacent to an activating group) is 1. The van der Waals surface area contributed by atoms with Crippen LogP contribution in [0.3, 0.4) is 0 Å². The standard InChI is InChI=1S/C44H48N2O5Si/c1-43(2,3)52(5,6)50-30-38(46(4)42(49)51-40-36-28-18-16-26-34(36)35-27-17-19-29-37(35)40)39(47)41(48)45-44(31-20-10-7-11-21-31,32-22-12-8-13-23-32)33-24-14-9-15-25-33/h7-29,38-40,47H,30H2,1-6H3,(H,45,48)/t38-,39?/m1/s1. The van der Waals surface area contributed by atoms with E-state index in [1.165, 1.54) is 4.90 Å². The number of fused-ring (bicyclic) bond motifs is 3. The highest BCUT2D eigenvalue weighted by Crippen LogP contribution is 2.45. The smallest absolute Gasteiger partial charge is 0.410 e. The fraction of sp³-hybridized carbons (Fsp3) is 0.273.